The van der Waals surface area contributed by atoms with Gasteiger partial charge in [0, 0.05) is 13.1 Å². The fourth-order valence-corrected chi connectivity index (χ4v) is 1.93. The van der Waals surface area contributed by atoms with Crippen LogP contribution in [0.3, 0.4) is 0 Å². The molecule has 5 nitrogen and oxygen atoms in total. The lowest BCUT2D eigenvalue weighted by atomic mass is 10.3. The molecular weight excluding hydrogens is 268 g/mol. The lowest BCUT2D eigenvalue weighted by molar-refractivity contribution is -0.127. The molecule has 1 aromatic rings. The minimum atomic E-state index is -0.518. The van der Waals surface area contributed by atoms with Gasteiger partial charge in [0.1, 0.15) is 11.5 Å². The maximum Gasteiger partial charge on any atom is 0.260 e. The molecule has 1 atom stereocenters. The van der Waals surface area contributed by atoms with Crippen molar-refractivity contribution in [3.05, 3.63) is 24.3 Å². The summed E-state index contributed by atoms with van der Waals surface area (Å²) in [5.41, 5.74) is 0. The molecule has 0 heterocycles. The largest absolute Gasteiger partial charge is 0.497 e. The Kier molecular flexibility index (Phi) is 7.61. The first-order valence-corrected chi connectivity index (χ1v) is 7.41. The van der Waals surface area contributed by atoms with E-state index in [9.17, 15) is 4.79 Å². The van der Waals surface area contributed by atoms with E-state index in [1.807, 2.05) is 0 Å². The highest BCUT2D eigenvalue weighted by Crippen LogP contribution is 2.18. The minimum absolute atomic E-state index is 0.0991. The zero-order chi connectivity index (χ0) is 15.7. The van der Waals surface area contributed by atoms with Gasteiger partial charge in [0.2, 0.25) is 0 Å². The average Bonchev–Trinajstić information content (AvgIpc) is 2.52. The molecule has 0 fully saturated rings. The molecule has 1 amide bonds. The first kappa shape index (κ1) is 17.3. The maximum atomic E-state index is 11.9. The molecule has 0 saturated carbocycles. The maximum absolute atomic E-state index is 11.9. The molecule has 21 heavy (non-hydrogen) atoms. The number of rotatable bonds is 9. The second kappa shape index (κ2) is 9.23. The zero-order valence-electron chi connectivity index (χ0n) is 13.4. The Labute approximate surface area is 127 Å². The van der Waals surface area contributed by atoms with Crippen LogP contribution >= 0.6 is 0 Å². The Bertz CT molecular complexity index is 416. The van der Waals surface area contributed by atoms with Crippen LogP contribution in [0.1, 0.15) is 20.8 Å². The van der Waals surface area contributed by atoms with Crippen molar-refractivity contribution < 1.29 is 14.3 Å². The van der Waals surface area contributed by atoms with Crippen molar-refractivity contribution >= 4 is 5.91 Å². The molecule has 5 heteroatoms. The zero-order valence-corrected chi connectivity index (χ0v) is 13.4. The number of amides is 1. The molecule has 0 aromatic heterocycles. The van der Waals surface area contributed by atoms with Crippen LogP contribution in [0.15, 0.2) is 24.3 Å². The van der Waals surface area contributed by atoms with Crippen LogP contribution < -0.4 is 14.8 Å². The predicted molar refractivity (Wildman–Crippen MR) is 83.9 cm³/mol. The standard InChI is InChI=1S/C16H26N2O3/c1-5-18(6-2)12-11-17-16(19)13(3)21-15-9-7-14(20-4)8-10-15/h7-10,13H,5-6,11-12H2,1-4H3,(H,17,19). The topological polar surface area (TPSA) is 50.8 Å². The van der Waals surface area contributed by atoms with Gasteiger partial charge >= 0.3 is 0 Å². The molecule has 0 radical (unpaired) electrons. The van der Waals surface area contributed by atoms with Gasteiger partial charge in [-0.3, -0.25) is 4.79 Å². The number of hydrogen-bond donors (Lipinski definition) is 1. The highest BCUT2D eigenvalue weighted by atomic mass is 16.5. The Morgan fingerprint density at radius 3 is 2.29 bits per heavy atom. The lowest BCUT2D eigenvalue weighted by Crippen LogP contribution is -2.40. The van der Waals surface area contributed by atoms with Crippen molar-refractivity contribution in [2.75, 3.05) is 33.3 Å². The third-order valence-corrected chi connectivity index (χ3v) is 3.36. The number of benzene rings is 1. The van der Waals surface area contributed by atoms with Crippen LogP contribution in [0.5, 0.6) is 11.5 Å². The number of ether oxygens (including phenoxy) is 2. The van der Waals surface area contributed by atoms with Crippen molar-refractivity contribution in [2.45, 2.75) is 26.9 Å². The number of nitrogens with one attached hydrogen (secondary N) is 1. The van der Waals surface area contributed by atoms with Gasteiger partial charge in [-0.25, -0.2) is 0 Å². The monoisotopic (exact) mass is 294 g/mol. The van der Waals surface area contributed by atoms with E-state index >= 15 is 0 Å². The summed E-state index contributed by atoms with van der Waals surface area (Å²) in [6.45, 7) is 9.44. The SMILES string of the molecule is CCN(CC)CCNC(=O)C(C)Oc1ccc(OC)cc1. The van der Waals surface area contributed by atoms with Crippen LogP contribution in [0.2, 0.25) is 0 Å². The summed E-state index contributed by atoms with van der Waals surface area (Å²) in [5, 5.41) is 2.89. The Morgan fingerprint density at radius 1 is 1.19 bits per heavy atom. The molecule has 1 N–H and O–H groups in total. The Morgan fingerprint density at radius 2 is 1.76 bits per heavy atom. The molecule has 0 saturated heterocycles. The highest BCUT2D eigenvalue weighted by molar-refractivity contribution is 5.80. The van der Waals surface area contributed by atoms with Gasteiger partial charge in [-0.1, -0.05) is 13.8 Å². The smallest absolute Gasteiger partial charge is 0.260 e. The van der Waals surface area contributed by atoms with E-state index in [0.29, 0.717) is 12.3 Å². The average molecular weight is 294 g/mol. The third-order valence-electron chi connectivity index (χ3n) is 3.36. The summed E-state index contributed by atoms with van der Waals surface area (Å²) in [6.07, 6.45) is -0.518. The normalized spacial score (nSPS) is 12.0. The van der Waals surface area contributed by atoms with Crippen LogP contribution in [0.4, 0.5) is 0 Å². The van der Waals surface area contributed by atoms with Crippen LogP contribution in [-0.2, 0) is 4.79 Å². The molecule has 0 bridgehead atoms. The lowest BCUT2D eigenvalue weighted by Gasteiger charge is -2.19. The quantitative estimate of drug-likeness (QED) is 0.756. The third kappa shape index (κ3) is 6.04. The minimum Gasteiger partial charge on any atom is -0.497 e. The van der Waals surface area contributed by atoms with Gasteiger partial charge in [0.25, 0.3) is 5.91 Å². The van der Waals surface area contributed by atoms with Gasteiger partial charge in [-0.2, -0.15) is 0 Å². The van der Waals surface area contributed by atoms with E-state index < -0.39 is 6.10 Å². The first-order valence-electron chi connectivity index (χ1n) is 7.41. The molecule has 0 spiro atoms. The van der Waals surface area contributed by atoms with Crippen molar-refractivity contribution in [1.82, 2.24) is 10.2 Å². The number of methoxy groups -OCH3 is 1. The van der Waals surface area contributed by atoms with Gasteiger partial charge in [-0.05, 0) is 44.3 Å². The second-order valence-electron chi connectivity index (χ2n) is 4.75. The van der Waals surface area contributed by atoms with Crippen molar-refractivity contribution in [3.63, 3.8) is 0 Å². The van der Waals surface area contributed by atoms with Gasteiger partial charge in [0.05, 0.1) is 7.11 Å². The summed E-state index contributed by atoms with van der Waals surface area (Å²) in [6, 6.07) is 7.19. The fourth-order valence-electron chi connectivity index (χ4n) is 1.93. The molecule has 118 valence electrons. The van der Waals surface area contributed by atoms with Crippen molar-refractivity contribution in [3.8, 4) is 11.5 Å². The molecule has 0 aliphatic carbocycles. The molecule has 1 unspecified atom stereocenters. The number of carbonyl (C=O) groups excluding carboxylic acids is 1. The summed E-state index contributed by atoms with van der Waals surface area (Å²) in [4.78, 5) is 14.2. The fraction of sp³-hybridized carbons (Fsp3) is 0.562. The summed E-state index contributed by atoms with van der Waals surface area (Å²) in [5.74, 6) is 1.32. The number of carbonyl (C=O) groups is 1. The number of likely N-dealkylation sites (N-methyl/N-ethyl adjacent to an activating group) is 1. The molecular formula is C16H26N2O3. The summed E-state index contributed by atoms with van der Waals surface area (Å²) < 4.78 is 10.7. The van der Waals surface area contributed by atoms with E-state index in [1.165, 1.54) is 0 Å². The van der Waals surface area contributed by atoms with E-state index in [4.69, 9.17) is 9.47 Å². The van der Waals surface area contributed by atoms with Crippen LogP contribution in [-0.4, -0.2) is 50.2 Å². The van der Waals surface area contributed by atoms with E-state index in [-0.39, 0.29) is 5.91 Å². The first-order chi connectivity index (χ1) is 10.1. The van der Waals surface area contributed by atoms with E-state index in [0.717, 1.165) is 25.4 Å². The predicted octanol–water partition coefficient (Wildman–Crippen LogP) is 1.92. The molecule has 1 aromatic carbocycles. The second-order valence-corrected chi connectivity index (χ2v) is 4.75. The summed E-state index contributed by atoms with van der Waals surface area (Å²) in [7, 11) is 1.61. The van der Waals surface area contributed by atoms with E-state index in [2.05, 4.69) is 24.1 Å². The van der Waals surface area contributed by atoms with Crippen LogP contribution in [0.25, 0.3) is 0 Å². The summed E-state index contributed by atoms with van der Waals surface area (Å²) >= 11 is 0. The number of hydrogen-bond acceptors (Lipinski definition) is 4. The Hall–Kier alpha value is -1.75. The van der Waals surface area contributed by atoms with E-state index in [1.54, 1.807) is 38.3 Å². The van der Waals surface area contributed by atoms with Crippen molar-refractivity contribution in [2.24, 2.45) is 0 Å². The van der Waals surface area contributed by atoms with Crippen molar-refractivity contribution in [1.29, 1.82) is 0 Å². The van der Waals surface area contributed by atoms with Crippen LogP contribution in [0, 0.1) is 0 Å². The molecule has 0 aliphatic heterocycles. The van der Waals surface area contributed by atoms with Gasteiger partial charge in [0.15, 0.2) is 6.10 Å². The highest BCUT2D eigenvalue weighted by Gasteiger charge is 2.14. The Balaban J connectivity index is 2.36. The number of nitrogens with zero attached hydrogens (tertiary/aromatic N) is 1. The molecule has 1 rings (SSSR count). The van der Waals surface area contributed by atoms with Gasteiger partial charge < -0.3 is 19.7 Å². The van der Waals surface area contributed by atoms with Gasteiger partial charge in [-0.15, -0.1) is 0 Å². The molecule has 0 aliphatic rings.